The zero-order valence-corrected chi connectivity index (χ0v) is 10.9. The SMILES string of the molecule is CCOC1CC(N)C1NS(=O)(=O)C(C#N)CC. The van der Waals surface area contributed by atoms with Crippen molar-refractivity contribution >= 4 is 10.0 Å². The number of ether oxygens (including phenoxy) is 1. The van der Waals surface area contributed by atoms with E-state index in [0.717, 1.165) is 0 Å². The van der Waals surface area contributed by atoms with E-state index in [2.05, 4.69) is 4.72 Å². The fourth-order valence-corrected chi connectivity index (χ4v) is 3.29. The molecule has 4 unspecified atom stereocenters. The highest BCUT2D eigenvalue weighted by Crippen LogP contribution is 2.24. The van der Waals surface area contributed by atoms with E-state index in [1.165, 1.54) is 0 Å². The van der Waals surface area contributed by atoms with Gasteiger partial charge in [-0.25, -0.2) is 13.1 Å². The molecule has 1 saturated carbocycles. The summed E-state index contributed by atoms with van der Waals surface area (Å²) in [5.74, 6) is 0. The van der Waals surface area contributed by atoms with E-state index in [1.807, 2.05) is 6.92 Å². The number of nitrogens with one attached hydrogen (secondary N) is 1. The first kappa shape index (κ1) is 14.4. The molecular weight excluding hydrogens is 242 g/mol. The number of sulfonamides is 1. The van der Waals surface area contributed by atoms with Crippen LogP contribution in [0, 0.1) is 11.3 Å². The third-order valence-electron chi connectivity index (χ3n) is 2.94. The summed E-state index contributed by atoms with van der Waals surface area (Å²) < 4.78 is 31.5. The molecule has 6 nitrogen and oxygen atoms in total. The standard InChI is InChI=1S/C10H19N3O3S/c1-3-7(6-11)17(14,15)13-10-8(12)5-9(10)16-4-2/h7-10,13H,3-5,12H2,1-2H3. The normalized spacial score (nSPS) is 30.4. The van der Waals surface area contributed by atoms with Crippen LogP contribution in [0.4, 0.5) is 0 Å². The Balaban J connectivity index is 2.67. The lowest BCUT2D eigenvalue weighted by Crippen LogP contribution is -2.65. The molecule has 7 heteroatoms. The van der Waals surface area contributed by atoms with Crippen molar-refractivity contribution < 1.29 is 13.2 Å². The Labute approximate surface area is 102 Å². The highest BCUT2D eigenvalue weighted by atomic mass is 32.2. The van der Waals surface area contributed by atoms with Crippen molar-refractivity contribution in [2.24, 2.45) is 5.73 Å². The molecule has 0 spiro atoms. The Bertz CT molecular complexity index is 388. The summed E-state index contributed by atoms with van der Waals surface area (Å²) in [6.07, 6.45) is 0.721. The van der Waals surface area contributed by atoms with E-state index in [4.69, 9.17) is 15.7 Å². The summed E-state index contributed by atoms with van der Waals surface area (Å²) in [7, 11) is -3.64. The summed E-state index contributed by atoms with van der Waals surface area (Å²) >= 11 is 0. The first-order chi connectivity index (χ1) is 7.96. The Morgan fingerprint density at radius 3 is 2.65 bits per heavy atom. The number of nitrogens with two attached hydrogens (primary N) is 1. The number of nitriles is 1. The van der Waals surface area contributed by atoms with Crippen molar-refractivity contribution in [2.75, 3.05) is 6.61 Å². The van der Waals surface area contributed by atoms with Crippen LogP contribution in [0.15, 0.2) is 0 Å². The van der Waals surface area contributed by atoms with Crippen LogP contribution in [-0.4, -0.2) is 38.5 Å². The Morgan fingerprint density at radius 2 is 2.24 bits per heavy atom. The maximum atomic E-state index is 11.8. The van der Waals surface area contributed by atoms with Gasteiger partial charge in [0.25, 0.3) is 0 Å². The lowest BCUT2D eigenvalue weighted by molar-refractivity contribution is -0.0248. The third kappa shape index (κ3) is 3.16. The quantitative estimate of drug-likeness (QED) is 0.683. The highest BCUT2D eigenvalue weighted by Gasteiger charge is 2.43. The Hall–Kier alpha value is -0.680. The molecule has 3 N–H and O–H groups in total. The monoisotopic (exact) mass is 261 g/mol. The summed E-state index contributed by atoms with van der Waals surface area (Å²) in [6.45, 7) is 4.03. The second-order valence-electron chi connectivity index (χ2n) is 4.11. The molecule has 98 valence electrons. The van der Waals surface area contributed by atoms with E-state index in [9.17, 15) is 8.42 Å². The molecular formula is C10H19N3O3S. The largest absolute Gasteiger partial charge is 0.377 e. The molecule has 0 radical (unpaired) electrons. The molecule has 0 aromatic rings. The van der Waals surface area contributed by atoms with Gasteiger partial charge in [0.05, 0.1) is 18.2 Å². The molecule has 0 saturated heterocycles. The van der Waals surface area contributed by atoms with E-state index in [1.54, 1.807) is 13.0 Å². The van der Waals surface area contributed by atoms with E-state index in [-0.39, 0.29) is 18.6 Å². The van der Waals surface area contributed by atoms with Crippen LogP contribution in [0.1, 0.15) is 26.7 Å². The minimum absolute atomic E-state index is 0.180. The molecule has 1 aliphatic rings. The van der Waals surface area contributed by atoms with E-state index in [0.29, 0.717) is 13.0 Å². The van der Waals surface area contributed by atoms with Crippen LogP contribution in [-0.2, 0) is 14.8 Å². The lowest BCUT2D eigenvalue weighted by Gasteiger charge is -2.42. The number of hydrogen-bond donors (Lipinski definition) is 2. The topological polar surface area (TPSA) is 105 Å². The predicted molar refractivity (Wildman–Crippen MR) is 63.5 cm³/mol. The van der Waals surface area contributed by atoms with Gasteiger partial charge in [-0.1, -0.05) is 6.92 Å². The predicted octanol–water partition coefficient (Wildman–Crippen LogP) is -0.287. The van der Waals surface area contributed by atoms with Gasteiger partial charge in [-0.15, -0.1) is 0 Å². The van der Waals surface area contributed by atoms with Gasteiger partial charge in [0.15, 0.2) is 5.25 Å². The maximum absolute atomic E-state index is 11.8. The molecule has 0 bridgehead atoms. The summed E-state index contributed by atoms with van der Waals surface area (Å²) in [4.78, 5) is 0. The van der Waals surface area contributed by atoms with Crippen LogP contribution in [0.25, 0.3) is 0 Å². The maximum Gasteiger partial charge on any atom is 0.228 e. The van der Waals surface area contributed by atoms with Gasteiger partial charge < -0.3 is 10.5 Å². The Kier molecular flexibility index (Phi) is 4.89. The minimum Gasteiger partial charge on any atom is -0.377 e. The molecule has 0 aromatic heterocycles. The second kappa shape index (κ2) is 5.78. The van der Waals surface area contributed by atoms with Crippen LogP contribution < -0.4 is 10.5 Å². The zero-order chi connectivity index (χ0) is 13.1. The molecule has 17 heavy (non-hydrogen) atoms. The van der Waals surface area contributed by atoms with Crippen molar-refractivity contribution in [3.63, 3.8) is 0 Å². The number of nitrogens with zero attached hydrogens (tertiary/aromatic N) is 1. The van der Waals surface area contributed by atoms with Crippen molar-refractivity contribution in [2.45, 2.75) is 50.1 Å². The molecule has 1 rings (SSSR count). The fourth-order valence-electron chi connectivity index (χ4n) is 1.84. The first-order valence-electron chi connectivity index (χ1n) is 5.74. The number of hydrogen-bond acceptors (Lipinski definition) is 5. The van der Waals surface area contributed by atoms with Crippen LogP contribution >= 0.6 is 0 Å². The third-order valence-corrected chi connectivity index (χ3v) is 4.73. The molecule has 0 heterocycles. The van der Waals surface area contributed by atoms with Crippen LogP contribution in [0.5, 0.6) is 0 Å². The van der Waals surface area contributed by atoms with Crippen molar-refractivity contribution in [3.8, 4) is 6.07 Å². The van der Waals surface area contributed by atoms with Gasteiger partial charge in [-0.3, -0.25) is 0 Å². The minimum atomic E-state index is -3.64. The molecule has 1 aliphatic carbocycles. The molecule has 1 fully saturated rings. The molecule has 0 amide bonds. The molecule has 0 aliphatic heterocycles. The average Bonchev–Trinajstić information content (AvgIpc) is 2.27. The number of rotatable bonds is 6. The van der Waals surface area contributed by atoms with E-state index >= 15 is 0 Å². The van der Waals surface area contributed by atoms with E-state index < -0.39 is 21.3 Å². The molecule has 0 aromatic carbocycles. The summed E-state index contributed by atoms with van der Waals surface area (Å²) in [6, 6.07) is 1.12. The lowest BCUT2D eigenvalue weighted by atomic mass is 9.84. The smallest absolute Gasteiger partial charge is 0.228 e. The zero-order valence-electron chi connectivity index (χ0n) is 10.1. The summed E-state index contributed by atoms with van der Waals surface area (Å²) in [5.41, 5.74) is 5.74. The average molecular weight is 261 g/mol. The summed E-state index contributed by atoms with van der Waals surface area (Å²) in [5, 5.41) is 7.74. The van der Waals surface area contributed by atoms with Crippen LogP contribution in [0.3, 0.4) is 0 Å². The van der Waals surface area contributed by atoms with Crippen molar-refractivity contribution in [1.82, 2.24) is 4.72 Å². The van der Waals surface area contributed by atoms with Gasteiger partial charge in [0.1, 0.15) is 0 Å². The fraction of sp³-hybridized carbons (Fsp3) is 0.900. The highest BCUT2D eigenvalue weighted by molar-refractivity contribution is 7.90. The second-order valence-corrected chi connectivity index (χ2v) is 6.00. The first-order valence-corrected chi connectivity index (χ1v) is 7.28. The van der Waals surface area contributed by atoms with Crippen molar-refractivity contribution in [1.29, 1.82) is 5.26 Å². The van der Waals surface area contributed by atoms with Gasteiger partial charge in [0, 0.05) is 12.6 Å². The van der Waals surface area contributed by atoms with Gasteiger partial charge in [-0.05, 0) is 19.8 Å². The van der Waals surface area contributed by atoms with Crippen molar-refractivity contribution in [3.05, 3.63) is 0 Å². The van der Waals surface area contributed by atoms with Gasteiger partial charge in [0.2, 0.25) is 10.0 Å². The Morgan fingerprint density at radius 1 is 1.59 bits per heavy atom. The molecule has 4 atom stereocenters. The van der Waals surface area contributed by atoms with Gasteiger partial charge in [-0.2, -0.15) is 5.26 Å². The van der Waals surface area contributed by atoms with Crippen LogP contribution in [0.2, 0.25) is 0 Å². The van der Waals surface area contributed by atoms with Gasteiger partial charge >= 0.3 is 0 Å².